The van der Waals surface area contributed by atoms with Crippen molar-refractivity contribution in [3.05, 3.63) is 0 Å². The van der Waals surface area contributed by atoms with Gasteiger partial charge in [0.05, 0.1) is 0 Å². The molecule has 0 radical (unpaired) electrons. The number of rotatable bonds is 8. The van der Waals surface area contributed by atoms with Crippen molar-refractivity contribution in [3.8, 4) is 0 Å². The smallest absolute Gasteiger partial charge is 0.00218 e. The Morgan fingerprint density at radius 2 is 1.42 bits per heavy atom. The fourth-order valence-corrected chi connectivity index (χ4v) is 1.48. The van der Waals surface area contributed by atoms with Gasteiger partial charge in [-0.15, -0.1) is 0 Å². The van der Waals surface area contributed by atoms with Gasteiger partial charge >= 0.3 is 0 Å². The Balaban J connectivity index is 2.97. The molecule has 0 aromatic rings. The van der Waals surface area contributed by atoms with Gasteiger partial charge in [0.15, 0.2) is 0 Å². The second-order valence-corrected chi connectivity index (χ2v) is 3.72. The van der Waals surface area contributed by atoms with Gasteiger partial charge in [-0.05, 0) is 33.0 Å². The Labute approximate surface area is 78.1 Å². The zero-order valence-corrected chi connectivity index (χ0v) is 9.10. The summed E-state index contributed by atoms with van der Waals surface area (Å²) >= 11 is 0. The molecule has 0 N–H and O–H groups in total. The normalized spacial score (nSPS) is 11.0. The largest absolute Gasteiger partial charge is 0.306 e. The highest BCUT2D eigenvalue weighted by molar-refractivity contribution is 4.50. The highest BCUT2D eigenvalue weighted by Crippen LogP contribution is 2.03. The van der Waals surface area contributed by atoms with Crippen LogP contribution >= 0.6 is 0 Å². The fraction of sp³-hybridized carbons (Fsp3) is 1.00. The van der Waals surface area contributed by atoms with E-state index in [1.54, 1.807) is 0 Å². The van der Waals surface area contributed by atoms with Crippen LogP contribution in [0, 0.1) is 0 Å². The van der Waals surface area contributed by atoms with Crippen LogP contribution in [0.15, 0.2) is 0 Å². The van der Waals surface area contributed by atoms with Gasteiger partial charge < -0.3 is 4.90 Å². The molecule has 12 heavy (non-hydrogen) atoms. The second-order valence-electron chi connectivity index (χ2n) is 3.72. The van der Waals surface area contributed by atoms with Gasteiger partial charge in [-0.3, -0.25) is 0 Å². The average Bonchev–Trinajstić information content (AvgIpc) is 2.05. The molecule has 0 rings (SSSR count). The van der Waals surface area contributed by atoms with Gasteiger partial charge in [0.2, 0.25) is 0 Å². The first-order valence-electron chi connectivity index (χ1n) is 5.49. The third kappa shape index (κ3) is 8.06. The van der Waals surface area contributed by atoms with Crippen LogP contribution in [-0.4, -0.2) is 25.0 Å². The standard InChI is InChI=1S/C11H25N/c1-4-6-7-8-9-11-12(3)10-5-2/h4-11H2,1-3H3. The first-order valence-corrected chi connectivity index (χ1v) is 5.49. The van der Waals surface area contributed by atoms with E-state index in [9.17, 15) is 0 Å². The Kier molecular flexibility index (Phi) is 9.02. The molecule has 0 heterocycles. The predicted octanol–water partition coefficient (Wildman–Crippen LogP) is 3.30. The molecule has 0 spiro atoms. The summed E-state index contributed by atoms with van der Waals surface area (Å²) in [5, 5.41) is 0. The molecule has 0 aromatic carbocycles. The zero-order chi connectivity index (χ0) is 9.23. The predicted molar refractivity (Wildman–Crippen MR) is 56.5 cm³/mol. The van der Waals surface area contributed by atoms with Crippen molar-refractivity contribution in [1.82, 2.24) is 4.90 Å². The lowest BCUT2D eigenvalue weighted by Gasteiger charge is -2.14. The zero-order valence-electron chi connectivity index (χ0n) is 9.10. The Hall–Kier alpha value is -0.0400. The van der Waals surface area contributed by atoms with E-state index in [1.807, 2.05) is 0 Å². The van der Waals surface area contributed by atoms with Crippen molar-refractivity contribution in [2.75, 3.05) is 20.1 Å². The molecule has 74 valence electrons. The second kappa shape index (κ2) is 9.05. The van der Waals surface area contributed by atoms with E-state index in [-0.39, 0.29) is 0 Å². The first kappa shape index (κ1) is 12.0. The molecule has 0 unspecified atom stereocenters. The van der Waals surface area contributed by atoms with Crippen LogP contribution in [0.1, 0.15) is 52.4 Å². The molecule has 0 aliphatic heterocycles. The van der Waals surface area contributed by atoms with Crippen molar-refractivity contribution < 1.29 is 0 Å². The maximum atomic E-state index is 2.44. The molecule has 0 amide bonds. The fourth-order valence-electron chi connectivity index (χ4n) is 1.48. The first-order chi connectivity index (χ1) is 5.81. The van der Waals surface area contributed by atoms with Crippen LogP contribution in [0.25, 0.3) is 0 Å². The van der Waals surface area contributed by atoms with Crippen LogP contribution in [0.5, 0.6) is 0 Å². The highest BCUT2D eigenvalue weighted by Gasteiger charge is 1.95. The lowest BCUT2D eigenvalue weighted by molar-refractivity contribution is 0.324. The number of unbranched alkanes of at least 4 members (excludes halogenated alkanes) is 4. The van der Waals surface area contributed by atoms with E-state index in [1.165, 1.54) is 51.6 Å². The summed E-state index contributed by atoms with van der Waals surface area (Å²) in [6, 6.07) is 0. The SMILES string of the molecule is CCCCCCCN(C)CCC. The van der Waals surface area contributed by atoms with Crippen LogP contribution in [0.4, 0.5) is 0 Å². The van der Waals surface area contributed by atoms with E-state index in [4.69, 9.17) is 0 Å². The van der Waals surface area contributed by atoms with Gasteiger partial charge in [0.1, 0.15) is 0 Å². The third-order valence-electron chi connectivity index (χ3n) is 2.25. The molecule has 0 aliphatic carbocycles. The summed E-state index contributed by atoms with van der Waals surface area (Å²) in [7, 11) is 2.23. The minimum Gasteiger partial charge on any atom is -0.306 e. The van der Waals surface area contributed by atoms with Crippen LogP contribution in [-0.2, 0) is 0 Å². The molecule has 1 heteroatoms. The van der Waals surface area contributed by atoms with Crippen LogP contribution < -0.4 is 0 Å². The third-order valence-corrected chi connectivity index (χ3v) is 2.25. The molecule has 0 aromatic heterocycles. The lowest BCUT2D eigenvalue weighted by atomic mass is 10.1. The van der Waals surface area contributed by atoms with E-state index in [2.05, 4.69) is 25.8 Å². The number of hydrogen-bond acceptors (Lipinski definition) is 1. The minimum atomic E-state index is 1.26. The molecular weight excluding hydrogens is 146 g/mol. The van der Waals surface area contributed by atoms with E-state index in [0.29, 0.717) is 0 Å². The Morgan fingerprint density at radius 1 is 0.750 bits per heavy atom. The van der Waals surface area contributed by atoms with Gasteiger partial charge in [0.25, 0.3) is 0 Å². The van der Waals surface area contributed by atoms with E-state index in [0.717, 1.165) is 0 Å². The van der Waals surface area contributed by atoms with Crippen molar-refractivity contribution >= 4 is 0 Å². The van der Waals surface area contributed by atoms with Gasteiger partial charge in [-0.1, -0.05) is 39.5 Å². The molecule has 0 saturated heterocycles. The lowest BCUT2D eigenvalue weighted by Crippen LogP contribution is -2.20. The van der Waals surface area contributed by atoms with Crippen molar-refractivity contribution in [3.63, 3.8) is 0 Å². The summed E-state index contributed by atoms with van der Waals surface area (Å²) in [4.78, 5) is 2.44. The molecule has 0 bridgehead atoms. The summed E-state index contributed by atoms with van der Waals surface area (Å²) < 4.78 is 0. The molecule has 0 aliphatic rings. The summed E-state index contributed by atoms with van der Waals surface area (Å²) in [5.41, 5.74) is 0. The highest BCUT2D eigenvalue weighted by atomic mass is 15.1. The Bertz CT molecular complexity index is 81.1. The number of nitrogens with zero attached hydrogens (tertiary/aromatic N) is 1. The van der Waals surface area contributed by atoms with Crippen molar-refractivity contribution in [2.45, 2.75) is 52.4 Å². The van der Waals surface area contributed by atoms with E-state index < -0.39 is 0 Å². The summed E-state index contributed by atoms with van der Waals surface area (Å²) in [5.74, 6) is 0. The van der Waals surface area contributed by atoms with Gasteiger partial charge in [-0.25, -0.2) is 0 Å². The van der Waals surface area contributed by atoms with Gasteiger partial charge in [-0.2, -0.15) is 0 Å². The van der Waals surface area contributed by atoms with Crippen molar-refractivity contribution in [1.29, 1.82) is 0 Å². The maximum absolute atomic E-state index is 2.44. The molecule has 0 saturated carbocycles. The topological polar surface area (TPSA) is 3.24 Å². The molecule has 0 fully saturated rings. The summed E-state index contributed by atoms with van der Waals surface area (Å²) in [6.07, 6.45) is 8.28. The number of hydrogen-bond donors (Lipinski definition) is 0. The molecular formula is C11H25N. The quantitative estimate of drug-likeness (QED) is 0.506. The monoisotopic (exact) mass is 171 g/mol. The average molecular weight is 171 g/mol. The van der Waals surface area contributed by atoms with Crippen LogP contribution in [0.3, 0.4) is 0 Å². The van der Waals surface area contributed by atoms with Crippen molar-refractivity contribution in [2.24, 2.45) is 0 Å². The molecule has 0 atom stereocenters. The minimum absolute atomic E-state index is 1.26. The van der Waals surface area contributed by atoms with E-state index >= 15 is 0 Å². The van der Waals surface area contributed by atoms with Crippen LogP contribution in [0.2, 0.25) is 0 Å². The summed E-state index contributed by atoms with van der Waals surface area (Å²) in [6.45, 7) is 7.06. The Morgan fingerprint density at radius 3 is 2.00 bits per heavy atom. The molecule has 1 nitrogen and oxygen atoms in total. The van der Waals surface area contributed by atoms with Gasteiger partial charge in [0, 0.05) is 0 Å². The maximum Gasteiger partial charge on any atom is -0.00218 e.